The van der Waals surface area contributed by atoms with Crippen LogP contribution in [0.15, 0.2) is 71.6 Å². The van der Waals surface area contributed by atoms with E-state index in [9.17, 15) is 14.0 Å². The number of methoxy groups -OCH3 is 1. The lowest BCUT2D eigenvalue weighted by molar-refractivity contribution is -0.113. The molecule has 3 aromatic rings. The predicted molar refractivity (Wildman–Crippen MR) is 124 cm³/mol. The van der Waals surface area contributed by atoms with Crippen molar-refractivity contribution in [2.24, 2.45) is 0 Å². The molecule has 1 aliphatic heterocycles. The Morgan fingerprint density at radius 1 is 1.00 bits per heavy atom. The Hall–Kier alpha value is -3.29. The third kappa shape index (κ3) is 4.79. The Bertz CT molecular complexity index is 1200. The number of nitrogens with zero attached hydrogens (tertiary/aromatic N) is 1. The average molecular weight is 470 g/mol. The van der Waals surface area contributed by atoms with E-state index in [0.717, 1.165) is 22.2 Å². The highest BCUT2D eigenvalue weighted by atomic mass is 35.5. The van der Waals surface area contributed by atoms with Crippen molar-refractivity contribution in [3.63, 3.8) is 0 Å². The van der Waals surface area contributed by atoms with Crippen LogP contribution in [0.25, 0.3) is 6.08 Å². The second kappa shape index (κ2) is 9.46. The van der Waals surface area contributed by atoms with Crippen LogP contribution in [-0.2, 0) is 11.4 Å². The molecule has 0 aromatic heterocycles. The van der Waals surface area contributed by atoms with Gasteiger partial charge < -0.3 is 9.47 Å². The Morgan fingerprint density at radius 3 is 2.41 bits per heavy atom. The number of rotatable bonds is 6. The molecule has 0 N–H and O–H groups in total. The van der Waals surface area contributed by atoms with E-state index in [2.05, 4.69) is 0 Å². The Labute approximate surface area is 193 Å². The van der Waals surface area contributed by atoms with Crippen molar-refractivity contribution in [1.82, 2.24) is 0 Å². The van der Waals surface area contributed by atoms with E-state index in [1.54, 1.807) is 36.4 Å². The molecular weight excluding hydrogens is 453 g/mol. The first-order valence-corrected chi connectivity index (χ1v) is 10.7. The molecule has 1 aliphatic rings. The first-order valence-electron chi connectivity index (χ1n) is 9.53. The van der Waals surface area contributed by atoms with E-state index in [1.807, 2.05) is 12.1 Å². The first kappa shape index (κ1) is 21.9. The molecule has 8 heteroatoms. The maximum Gasteiger partial charge on any atom is 0.298 e. The Morgan fingerprint density at radius 2 is 1.72 bits per heavy atom. The van der Waals surface area contributed by atoms with E-state index >= 15 is 0 Å². The summed E-state index contributed by atoms with van der Waals surface area (Å²) >= 11 is 6.73. The fraction of sp³-hybridized carbons (Fsp3) is 0.0833. The van der Waals surface area contributed by atoms with Gasteiger partial charge in [-0.25, -0.2) is 9.29 Å². The molecule has 32 heavy (non-hydrogen) atoms. The zero-order chi connectivity index (χ0) is 22.7. The maximum absolute atomic E-state index is 13.2. The first-order chi connectivity index (χ1) is 15.4. The fourth-order valence-electron chi connectivity index (χ4n) is 3.07. The quantitative estimate of drug-likeness (QED) is 0.396. The third-order valence-electron chi connectivity index (χ3n) is 4.67. The van der Waals surface area contributed by atoms with Crippen molar-refractivity contribution in [2.45, 2.75) is 6.61 Å². The van der Waals surface area contributed by atoms with Gasteiger partial charge in [0.1, 0.15) is 12.4 Å². The topological polar surface area (TPSA) is 55.8 Å². The lowest BCUT2D eigenvalue weighted by Crippen LogP contribution is -2.27. The number of benzene rings is 3. The van der Waals surface area contributed by atoms with Crippen molar-refractivity contribution in [2.75, 3.05) is 12.0 Å². The van der Waals surface area contributed by atoms with Crippen LogP contribution >= 0.6 is 23.4 Å². The molecule has 0 saturated carbocycles. The highest BCUT2D eigenvalue weighted by molar-refractivity contribution is 8.19. The van der Waals surface area contributed by atoms with Gasteiger partial charge in [-0.3, -0.25) is 9.59 Å². The summed E-state index contributed by atoms with van der Waals surface area (Å²) in [4.78, 5) is 26.4. The number of anilines is 1. The van der Waals surface area contributed by atoms with Crippen LogP contribution in [0, 0.1) is 5.82 Å². The lowest BCUT2D eigenvalue weighted by Gasteiger charge is -2.12. The molecule has 1 heterocycles. The number of ether oxygens (including phenoxy) is 2. The van der Waals surface area contributed by atoms with Gasteiger partial charge in [-0.05, 0) is 77.5 Å². The molecule has 1 fully saturated rings. The molecule has 0 spiro atoms. The van der Waals surface area contributed by atoms with Gasteiger partial charge in [-0.1, -0.05) is 29.8 Å². The van der Waals surface area contributed by atoms with Gasteiger partial charge in [0.15, 0.2) is 11.5 Å². The summed E-state index contributed by atoms with van der Waals surface area (Å²) in [5, 5.41) is 0.210. The zero-order valence-corrected chi connectivity index (χ0v) is 18.5. The number of halogens is 2. The summed E-state index contributed by atoms with van der Waals surface area (Å²) in [6, 6.07) is 17.8. The van der Waals surface area contributed by atoms with Crippen molar-refractivity contribution in [3.05, 3.63) is 93.6 Å². The molecule has 0 aliphatic carbocycles. The minimum Gasteiger partial charge on any atom is -0.493 e. The minimum absolute atomic E-state index is 0.260. The summed E-state index contributed by atoms with van der Waals surface area (Å²) in [6.07, 6.45) is 1.61. The average Bonchev–Trinajstić information content (AvgIpc) is 3.07. The van der Waals surface area contributed by atoms with E-state index < -0.39 is 17.0 Å². The molecule has 162 valence electrons. The number of imide groups is 1. The van der Waals surface area contributed by atoms with Crippen LogP contribution in [0.5, 0.6) is 11.5 Å². The fourth-order valence-corrected chi connectivity index (χ4v) is 4.03. The van der Waals surface area contributed by atoms with Crippen LogP contribution in [0.4, 0.5) is 14.9 Å². The summed E-state index contributed by atoms with van der Waals surface area (Å²) < 4.78 is 24.4. The van der Waals surface area contributed by atoms with E-state index in [1.165, 1.54) is 31.4 Å². The SMILES string of the molecule is COc1cc(/C=C2\SC(=O)N(c3ccc(F)cc3)C2=O)ccc1OCc1ccc(Cl)cc1. The number of carbonyl (C=O) groups is 2. The highest BCUT2D eigenvalue weighted by Gasteiger charge is 2.36. The van der Waals surface area contributed by atoms with Crippen LogP contribution in [0.2, 0.25) is 5.02 Å². The number of hydrogen-bond acceptors (Lipinski definition) is 5. The third-order valence-corrected chi connectivity index (χ3v) is 5.79. The molecule has 0 unspecified atom stereocenters. The van der Waals surface area contributed by atoms with Crippen molar-refractivity contribution >= 4 is 46.3 Å². The molecule has 4 rings (SSSR count). The maximum atomic E-state index is 13.2. The van der Waals surface area contributed by atoms with Crippen LogP contribution in [-0.4, -0.2) is 18.3 Å². The van der Waals surface area contributed by atoms with Gasteiger partial charge >= 0.3 is 0 Å². The van der Waals surface area contributed by atoms with Crippen LogP contribution in [0.3, 0.4) is 0 Å². The normalized spacial score (nSPS) is 14.8. The van der Waals surface area contributed by atoms with Crippen LogP contribution < -0.4 is 14.4 Å². The monoisotopic (exact) mass is 469 g/mol. The van der Waals surface area contributed by atoms with Crippen molar-refractivity contribution < 1.29 is 23.5 Å². The highest BCUT2D eigenvalue weighted by Crippen LogP contribution is 2.37. The smallest absolute Gasteiger partial charge is 0.298 e. The molecule has 3 aromatic carbocycles. The van der Waals surface area contributed by atoms with Gasteiger partial charge in [0.25, 0.3) is 11.1 Å². The van der Waals surface area contributed by atoms with Gasteiger partial charge in [-0.15, -0.1) is 0 Å². The van der Waals surface area contributed by atoms with Gasteiger partial charge in [-0.2, -0.15) is 0 Å². The second-order valence-corrected chi connectivity index (χ2v) is 8.25. The molecule has 0 bridgehead atoms. The van der Waals surface area contributed by atoms with Gasteiger partial charge in [0, 0.05) is 5.02 Å². The van der Waals surface area contributed by atoms with Gasteiger partial charge in [0.2, 0.25) is 0 Å². The summed E-state index contributed by atoms with van der Waals surface area (Å²) in [6.45, 7) is 0.337. The van der Waals surface area contributed by atoms with Crippen molar-refractivity contribution in [3.8, 4) is 11.5 Å². The largest absolute Gasteiger partial charge is 0.493 e. The van der Waals surface area contributed by atoms with Gasteiger partial charge in [0.05, 0.1) is 17.7 Å². The van der Waals surface area contributed by atoms with E-state index in [-0.39, 0.29) is 4.91 Å². The summed E-state index contributed by atoms with van der Waals surface area (Å²) in [7, 11) is 1.52. The standard InChI is InChI=1S/C24H17ClFNO4S/c1-30-21-12-16(4-11-20(21)31-14-15-2-5-17(25)6-3-15)13-22-23(28)27(24(29)32-22)19-9-7-18(26)8-10-19/h2-13H,14H2,1H3/b22-13-. The van der Waals surface area contributed by atoms with E-state index in [0.29, 0.717) is 34.4 Å². The number of thioether (sulfide) groups is 1. The molecule has 2 amide bonds. The molecule has 1 saturated heterocycles. The number of hydrogen-bond donors (Lipinski definition) is 0. The lowest BCUT2D eigenvalue weighted by atomic mass is 10.1. The Kier molecular flexibility index (Phi) is 6.48. The molecule has 0 radical (unpaired) electrons. The Balaban J connectivity index is 1.52. The molecule has 0 atom stereocenters. The predicted octanol–water partition coefficient (Wildman–Crippen LogP) is 6.31. The zero-order valence-electron chi connectivity index (χ0n) is 16.9. The van der Waals surface area contributed by atoms with E-state index in [4.69, 9.17) is 21.1 Å². The van der Waals surface area contributed by atoms with Crippen molar-refractivity contribution in [1.29, 1.82) is 0 Å². The number of amides is 2. The molecule has 5 nitrogen and oxygen atoms in total. The molecular formula is C24H17ClFNO4S. The summed E-state index contributed by atoms with van der Waals surface area (Å²) in [5.74, 6) is 0.125. The number of carbonyl (C=O) groups excluding carboxylic acids is 2. The summed E-state index contributed by atoms with van der Waals surface area (Å²) in [5.41, 5.74) is 1.95. The van der Waals surface area contributed by atoms with Crippen LogP contribution in [0.1, 0.15) is 11.1 Å². The second-order valence-electron chi connectivity index (χ2n) is 6.82. The minimum atomic E-state index is -0.464.